The smallest absolute Gasteiger partial charge is 0.323 e. The minimum absolute atomic E-state index is 0.729. The first kappa shape index (κ1) is 18.8. The first-order chi connectivity index (χ1) is 10.5. The van der Waals surface area contributed by atoms with Gasteiger partial charge in [-0.25, -0.2) is 13.2 Å². The van der Waals surface area contributed by atoms with Crippen molar-refractivity contribution in [1.82, 2.24) is 0 Å². The fourth-order valence-electron chi connectivity index (χ4n) is 1.32. The van der Waals surface area contributed by atoms with Crippen LogP contribution in [-0.4, -0.2) is 30.3 Å². The molecule has 5 nitrogen and oxygen atoms in total. The van der Waals surface area contributed by atoms with Crippen LogP contribution >= 0.6 is 0 Å². The third kappa shape index (κ3) is 3.76. The molecule has 0 heterocycles. The van der Waals surface area contributed by atoms with Crippen LogP contribution in [0, 0.1) is 34.5 Å². The zero-order chi connectivity index (χ0) is 17.9. The number of esters is 2. The van der Waals surface area contributed by atoms with Gasteiger partial charge in [-0.1, -0.05) is 0 Å². The average Bonchev–Trinajstić information content (AvgIpc) is 2.52. The van der Waals surface area contributed by atoms with Crippen molar-refractivity contribution in [2.75, 3.05) is 13.2 Å². The number of benzene rings is 1. The number of hydrogen-bond donors (Lipinski definition) is 1. The molecule has 0 fully saturated rings. The molecule has 1 N–H and O–H groups in total. The Bertz CT molecular complexity index is 619. The number of aliphatic hydroxyl groups is 1. The number of aliphatic hydroxyl groups excluding tert-OH is 1. The van der Waals surface area contributed by atoms with E-state index in [1.54, 1.807) is 0 Å². The van der Waals surface area contributed by atoms with E-state index in [9.17, 15) is 31.5 Å². The Labute approximate surface area is 126 Å². The van der Waals surface area contributed by atoms with Gasteiger partial charge in [-0.3, -0.25) is 9.59 Å². The van der Waals surface area contributed by atoms with Gasteiger partial charge < -0.3 is 14.6 Å². The second-order valence-corrected chi connectivity index (χ2v) is 4.79. The van der Waals surface area contributed by atoms with Crippen molar-refractivity contribution < 1.29 is 46.1 Å². The highest BCUT2D eigenvalue weighted by molar-refractivity contribution is 5.79. The number of hydrogen-bond acceptors (Lipinski definition) is 5. The molecule has 1 unspecified atom stereocenters. The van der Waals surface area contributed by atoms with Gasteiger partial charge in [0.15, 0.2) is 0 Å². The van der Waals surface area contributed by atoms with Crippen LogP contribution < -0.4 is 4.74 Å². The van der Waals surface area contributed by atoms with E-state index in [0.29, 0.717) is 0 Å². The lowest BCUT2D eigenvalue weighted by Crippen LogP contribution is -2.40. The number of halogens is 5. The molecule has 10 heteroatoms. The molecular weight excluding hydrogens is 331 g/mol. The summed E-state index contributed by atoms with van der Waals surface area (Å²) in [5.74, 6) is -15.9. The normalized spacial score (nSPS) is 13.4. The molecule has 1 aromatic rings. The van der Waals surface area contributed by atoms with Crippen molar-refractivity contribution >= 4 is 11.9 Å². The van der Waals surface area contributed by atoms with E-state index >= 15 is 0 Å². The van der Waals surface area contributed by atoms with Crippen molar-refractivity contribution in [3.8, 4) is 5.75 Å². The van der Waals surface area contributed by atoms with Crippen molar-refractivity contribution in [3.05, 3.63) is 29.1 Å². The van der Waals surface area contributed by atoms with Gasteiger partial charge in [-0.2, -0.15) is 8.78 Å². The van der Waals surface area contributed by atoms with E-state index < -0.39 is 65.4 Å². The summed E-state index contributed by atoms with van der Waals surface area (Å²) in [5.41, 5.74) is -1.97. The van der Waals surface area contributed by atoms with Crippen LogP contribution in [0.4, 0.5) is 22.0 Å². The first-order valence-corrected chi connectivity index (χ1v) is 6.03. The molecule has 1 aromatic carbocycles. The summed E-state index contributed by atoms with van der Waals surface area (Å²) >= 11 is 0. The van der Waals surface area contributed by atoms with Crippen molar-refractivity contribution in [2.45, 2.75) is 13.8 Å². The Morgan fingerprint density at radius 3 is 1.83 bits per heavy atom. The largest absolute Gasteiger partial charge is 0.465 e. The van der Waals surface area contributed by atoms with Gasteiger partial charge >= 0.3 is 11.9 Å². The predicted molar refractivity (Wildman–Crippen MR) is 63.7 cm³/mol. The molecule has 0 spiro atoms. The van der Waals surface area contributed by atoms with E-state index in [-0.39, 0.29) is 0 Å². The molecule has 128 valence electrons. The zero-order valence-corrected chi connectivity index (χ0v) is 11.9. The molecule has 0 radical (unpaired) electrons. The first-order valence-electron chi connectivity index (χ1n) is 6.03. The fourth-order valence-corrected chi connectivity index (χ4v) is 1.32. The molecule has 0 saturated heterocycles. The van der Waals surface area contributed by atoms with Crippen LogP contribution in [0.2, 0.25) is 0 Å². The van der Waals surface area contributed by atoms with Gasteiger partial charge in [0, 0.05) is 6.92 Å². The second-order valence-electron chi connectivity index (χ2n) is 4.79. The third-order valence-corrected chi connectivity index (χ3v) is 2.80. The molecule has 23 heavy (non-hydrogen) atoms. The zero-order valence-electron chi connectivity index (χ0n) is 11.9. The second kappa shape index (κ2) is 6.90. The van der Waals surface area contributed by atoms with Crippen molar-refractivity contribution in [3.63, 3.8) is 0 Å². The fraction of sp³-hybridized carbons (Fsp3) is 0.385. The van der Waals surface area contributed by atoms with Crippen molar-refractivity contribution in [1.29, 1.82) is 0 Å². The van der Waals surface area contributed by atoms with Gasteiger partial charge in [-0.05, 0) is 6.92 Å². The molecule has 1 rings (SSSR count). The predicted octanol–water partition coefficient (Wildman–Crippen LogP) is 1.85. The molecule has 0 aliphatic carbocycles. The van der Waals surface area contributed by atoms with Crippen LogP contribution in [0.1, 0.15) is 13.8 Å². The van der Waals surface area contributed by atoms with Gasteiger partial charge in [0.1, 0.15) is 12.0 Å². The average molecular weight is 342 g/mol. The number of ether oxygens (including phenoxy) is 2. The maximum Gasteiger partial charge on any atom is 0.323 e. The van der Waals surface area contributed by atoms with E-state index in [1.807, 2.05) is 0 Å². The van der Waals surface area contributed by atoms with E-state index in [4.69, 9.17) is 5.11 Å². The van der Waals surface area contributed by atoms with Crippen molar-refractivity contribution in [2.24, 2.45) is 5.41 Å². The Hall–Kier alpha value is -2.23. The van der Waals surface area contributed by atoms with Gasteiger partial charge in [0.05, 0.1) is 6.61 Å². The SMILES string of the molecule is CC(=O)OCC(C)(CO)C(=O)Oc1c(F)c(F)c(F)c(F)c1F. The Balaban J connectivity index is 3.16. The van der Waals surface area contributed by atoms with E-state index in [1.165, 1.54) is 0 Å². The van der Waals surface area contributed by atoms with Gasteiger partial charge in [0.25, 0.3) is 0 Å². The lowest BCUT2D eigenvalue weighted by atomic mass is 9.93. The minimum Gasteiger partial charge on any atom is -0.465 e. The molecule has 0 bridgehead atoms. The van der Waals surface area contributed by atoms with E-state index in [2.05, 4.69) is 9.47 Å². The monoisotopic (exact) mass is 342 g/mol. The highest BCUT2D eigenvalue weighted by Crippen LogP contribution is 2.31. The maximum atomic E-state index is 13.4. The van der Waals surface area contributed by atoms with Gasteiger partial charge in [-0.15, -0.1) is 0 Å². The molecule has 0 saturated carbocycles. The lowest BCUT2D eigenvalue weighted by molar-refractivity contribution is -0.157. The topological polar surface area (TPSA) is 72.8 Å². The summed E-state index contributed by atoms with van der Waals surface area (Å²) in [6, 6.07) is 0. The molecule has 0 aliphatic rings. The van der Waals surface area contributed by atoms with Crippen LogP contribution in [0.25, 0.3) is 0 Å². The van der Waals surface area contributed by atoms with E-state index in [0.717, 1.165) is 13.8 Å². The summed E-state index contributed by atoms with van der Waals surface area (Å²) in [6.45, 7) is 0.291. The van der Waals surface area contributed by atoms with Crippen LogP contribution in [-0.2, 0) is 14.3 Å². The Morgan fingerprint density at radius 1 is 1.00 bits per heavy atom. The maximum absolute atomic E-state index is 13.4. The number of rotatable bonds is 5. The molecule has 0 aromatic heterocycles. The molecule has 1 atom stereocenters. The van der Waals surface area contributed by atoms with Gasteiger partial charge in [0.2, 0.25) is 34.8 Å². The summed E-state index contributed by atoms with van der Waals surface area (Å²) in [4.78, 5) is 22.5. The summed E-state index contributed by atoms with van der Waals surface area (Å²) < 4.78 is 74.4. The summed E-state index contributed by atoms with van der Waals surface area (Å²) in [5, 5.41) is 9.15. The summed E-state index contributed by atoms with van der Waals surface area (Å²) in [6.07, 6.45) is 0. The molecule has 0 aliphatic heterocycles. The Kier molecular flexibility index (Phi) is 5.65. The minimum atomic E-state index is -2.41. The highest BCUT2D eigenvalue weighted by atomic mass is 19.2. The highest BCUT2D eigenvalue weighted by Gasteiger charge is 2.39. The molecule has 0 amide bonds. The van der Waals surface area contributed by atoms with Crippen LogP contribution in [0.3, 0.4) is 0 Å². The Morgan fingerprint density at radius 2 is 1.43 bits per heavy atom. The standard InChI is InChI=1S/C13H11F5O5/c1-5(20)22-4-13(2,3-19)12(21)23-11-9(17)7(15)6(14)8(16)10(11)18/h19H,3-4H2,1-2H3. The summed E-state index contributed by atoms with van der Waals surface area (Å²) in [7, 11) is 0. The number of carbonyl (C=O) groups excluding carboxylic acids is 2. The quantitative estimate of drug-likeness (QED) is 0.291. The van der Waals surface area contributed by atoms with Crippen LogP contribution in [0.5, 0.6) is 5.75 Å². The van der Waals surface area contributed by atoms with Crippen LogP contribution in [0.15, 0.2) is 0 Å². The molecular formula is C13H11F5O5. The lowest BCUT2D eigenvalue weighted by Gasteiger charge is -2.24. The third-order valence-electron chi connectivity index (χ3n) is 2.80. The number of carbonyl (C=O) groups is 2.